The van der Waals surface area contributed by atoms with Crippen LogP contribution in [0.25, 0.3) is 0 Å². The maximum Gasteiger partial charge on any atom is 0.252 e. The van der Waals surface area contributed by atoms with Crippen LogP contribution in [0.2, 0.25) is 0 Å². The molecule has 4 unspecified atom stereocenters. The summed E-state index contributed by atoms with van der Waals surface area (Å²) in [6.07, 6.45) is 13.0. The maximum absolute atomic E-state index is 5.92. The third kappa shape index (κ3) is 2.14. The highest BCUT2D eigenvalue weighted by Crippen LogP contribution is 2.45. The second-order valence-corrected chi connectivity index (χ2v) is 8.26. The summed E-state index contributed by atoms with van der Waals surface area (Å²) in [5, 5.41) is 13.4. The zero-order chi connectivity index (χ0) is 18.0. The van der Waals surface area contributed by atoms with E-state index in [0.29, 0.717) is 12.0 Å². The predicted molar refractivity (Wildman–Crippen MR) is 98.0 cm³/mol. The predicted octanol–water partition coefficient (Wildman–Crippen LogP) is 1.80. The zero-order valence-electron chi connectivity index (χ0n) is 15.5. The van der Waals surface area contributed by atoms with Crippen molar-refractivity contribution in [2.75, 3.05) is 11.5 Å². The van der Waals surface area contributed by atoms with E-state index in [1.807, 2.05) is 18.7 Å². The van der Waals surface area contributed by atoms with Crippen LogP contribution in [-0.4, -0.2) is 43.3 Å². The van der Waals surface area contributed by atoms with Crippen LogP contribution in [0.3, 0.4) is 0 Å². The first kappa shape index (κ1) is 15.6. The number of ether oxygens (including phenoxy) is 1. The van der Waals surface area contributed by atoms with Crippen molar-refractivity contribution < 1.29 is 4.74 Å². The molecule has 9 nitrogen and oxygen atoms in total. The van der Waals surface area contributed by atoms with Gasteiger partial charge in [-0.25, -0.2) is 4.98 Å². The fourth-order valence-electron chi connectivity index (χ4n) is 5.23. The smallest absolute Gasteiger partial charge is 0.252 e. The van der Waals surface area contributed by atoms with Crippen molar-refractivity contribution in [1.82, 2.24) is 30.0 Å². The molecule has 142 valence electrons. The molecule has 5 heterocycles. The van der Waals surface area contributed by atoms with Gasteiger partial charge < -0.3 is 9.30 Å². The van der Waals surface area contributed by atoms with Crippen molar-refractivity contribution >= 4 is 11.8 Å². The van der Waals surface area contributed by atoms with Gasteiger partial charge in [0.15, 0.2) is 0 Å². The quantitative estimate of drug-likeness (QED) is 0.826. The number of imidazole rings is 1. The van der Waals surface area contributed by atoms with Crippen molar-refractivity contribution in [1.29, 1.82) is 0 Å². The number of anilines is 1. The van der Waals surface area contributed by atoms with Crippen LogP contribution in [-0.2, 0) is 10.3 Å². The lowest BCUT2D eigenvalue weighted by Crippen LogP contribution is -2.54. The molecular formula is C18H24N8O. The highest BCUT2D eigenvalue weighted by molar-refractivity contribution is 5.98. The minimum Gasteiger partial charge on any atom is -0.369 e. The number of fused-ring (bicyclic) bond motifs is 6. The van der Waals surface area contributed by atoms with Gasteiger partial charge in [-0.15, -0.1) is 10.2 Å². The van der Waals surface area contributed by atoms with Crippen molar-refractivity contribution in [3.63, 3.8) is 0 Å². The van der Waals surface area contributed by atoms with Gasteiger partial charge >= 0.3 is 0 Å². The van der Waals surface area contributed by atoms with Crippen molar-refractivity contribution in [2.24, 2.45) is 11.0 Å². The standard InChI is InChI=1S/C18H24N8O/c1-18(7-4-8-27-18)14-10-25(23-20-14)17-22-21-16-12-5-2-3-6-13(12)24-11-19-9-15(24)26(16)17/h9-13,16,21H,2-8H2,1H3. The molecular weight excluding hydrogens is 344 g/mol. The van der Waals surface area contributed by atoms with Gasteiger partial charge in [-0.1, -0.05) is 18.1 Å². The van der Waals surface area contributed by atoms with Gasteiger partial charge in [0.1, 0.15) is 23.3 Å². The highest BCUT2D eigenvalue weighted by atomic mass is 16.5. The molecule has 1 saturated carbocycles. The summed E-state index contributed by atoms with van der Waals surface area (Å²) < 4.78 is 10.0. The van der Waals surface area contributed by atoms with Crippen LogP contribution < -0.4 is 10.3 Å². The fraction of sp³-hybridized carbons (Fsp3) is 0.667. The molecule has 2 fully saturated rings. The van der Waals surface area contributed by atoms with E-state index in [1.54, 1.807) is 4.68 Å². The summed E-state index contributed by atoms with van der Waals surface area (Å²) in [6, 6.07) is 0.497. The van der Waals surface area contributed by atoms with Crippen LogP contribution in [0.5, 0.6) is 0 Å². The van der Waals surface area contributed by atoms with E-state index in [1.165, 1.54) is 25.7 Å². The molecule has 6 rings (SSSR count). The van der Waals surface area contributed by atoms with Crippen LogP contribution in [0.15, 0.2) is 23.8 Å². The molecule has 0 bridgehead atoms. The minimum atomic E-state index is -0.345. The first-order chi connectivity index (χ1) is 13.2. The third-order valence-corrected chi connectivity index (χ3v) is 6.69. The summed E-state index contributed by atoms with van der Waals surface area (Å²) in [5.41, 5.74) is 3.90. The monoisotopic (exact) mass is 368 g/mol. The summed E-state index contributed by atoms with van der Waals surface area (Å²) in [4.78, 5) is 6.67. The first-order valence-electron chi connectivity index (χ1n) is 9.96. The van der Waals surface area contributed by atoms with Crippen molar-refractivity contribution in [3.05, 3.63) is 24.4 Å². The summed E-state index contributed by atoms with van der Waals surface area (Å²) in [5.74, 6) is 2.35. The third-order valence-electron chi connectivity index (χ3n) is 6.69. The zero-order valence-corrected chi connectivity index (χ0v) is 15.5. The van der Waals surface area contributed by atoms with Crippen molar-refractivity contribution in [2.45, 2.75) is 63.3 Å². The number of nitrogens with one attached hydrogen (secondary N) is 1. The van der Waals surface area contributed by atoms with Gasteiger partial charge in [0, 0.05) is 18.6 Å². The molecule has 0 spiro atoms. The number of nitrogens with zero attached hydrogens (tertiary/aromatic N) is 7. The minimum absolute atomic E-state index is 0.153. The van der Waals surface area contributed by atoms with E-state index < -0.39 is 0 Å². The lowest BCUT2D eigenvalue weighted by molar-refractivity contribution is 0.0131. The molecule has 4 aliphatic rings. The van der Waals surface area contributed by atoms with E-state index in [9.17, 15) is 0 Å². The van der Waals surface area contributed by atoms with Gasteiger partial charge in [-0.2, -0.15) is 4.68 Å². The maximum atomic E-state index is 5.92. The Balaban J connectivity index is 1.38. The second kappa shape index (κ2) is 5.54. The average molecular weight is 368 g/mol. The van der Waals surface area contributed by atoms with Crippen molar-refractivity contribution in [3.8, 4) is 0 Å². The van der Waals surface area contributed by atoms with Gasteiger partial charge in [-0.3, -0.25) is 10.3 Å². The van der Waals surface area contributed by atoms with E-state index in [4.69, 9.17) is 4.74 Å². The number of hydrogen-bond acceptors (Lipinski definition) is 7. The average Bonchev–Trinajstić information content (AvgIpc) is 3.45. The number of aromatic nitrogens is 5. The molecule has 2 aromatic heterocycles. The molecule has 2 aromatic rings. The van der Waals surface area contributed by atoms with Crippen LogP contribution in [0.1, 0.15) is 57.2 Å². The lowest BCUT2D eigenvalue weighted by atomic mass is 9.80. The van der Waals surface area contributed by atoms with Crippen LogP contribution >= 0.6 is 0 Å². The second-order valence-electron chi connectivity index (χ2n) is 8.26. The molecule has 1 aliphatic carbocycles. The Morgan fingerprint density at radius 2 is 2.19 bits per heavy atom. The largest absolute Gasteiger partial charge is 0.369 e. The van der Waals surface area contributed by atoms with Crippen LogP contribution in [0.4, 0.5) is 5.82 Å². The Bertz CT molecular complexity index is 895. The molecule has 1 N–H and O–H groups in total. The molecule has 4 atom stereocenters. The lowest BCUT2D eigenvalue weighted by Gasteiger charge is -2.45. The van der Waals surface area contributed by atoms with Gasteiger partial charge in [0.2, 0.25) is 0 Å². The number of hydrogen-bond donors (Lipinski definition) is 1. The molecule has 9 heteroatoms. The van der Waals surface area contributed by atoms with Gasteiger partial charge in [-0.05, 0) is 32.6 Å². The molecule has 27 heavy (non-hydrogen) atoms. The number of hydrazone groups is 1. The van der Waals surface area contributed by atoms with E-state index in [-0.39, 0.29) is 11.8 Å². The SMILES string of the molecule is CC1(c2cn(C3=NNC4C5CCCCC5n5cncc5N34)nn2)CCCO1. The summed E-state index contributed by atoms with van der Waals surface area (Å²) >= 11 is 0. The fourth-order valence-corrected chi connectivity index (χ4v) is 5.23. The molecule has 1 saturated heterocycles. The Labute approximate surface area is 157 Å². The molecule has 0 amide bonds. The van der Waals surface area contributed by atoms with Gasteiger partial charge in [0.25, 0.3) is 5.96 Å². The first-order valence-corrected chi connectivity index (χ1v) is 9.96. The van der Waals surface area contributed by atoms with Gasteiger partial charge in [0.05, 0.1) is 18.7 Å². The molecule has 0 radical (unpaired) electrons. The Hall–Kier alpha value is -2.42. The Morgan fingerprint density at radius 3 is 3.07 bits per heavy atom. The van der Waals surface area contributed by atoms with Crippen LogP contribution in [0, 0.1) is 5.92 Å². The van der Waals surface area contributed by atoms with E-state index in [2.05, 4.69) is 42.2 Å². The number of rotatable bonds is 1. The molecule has 3 aliphatic heterocycles. The summed E-state index contributed by atoms with van der Waals surface area (Å²) in [6.45, 7) is 2.87. The Morgan fingerprint density at radius 1 is 1.26 bits per heavy atom. The molecule has 0 aromatic carbocycles. The summed E-state index contributed by atoms with van der Waals surface area (Å²) in [7, 11) is 0. The normalized spacial score (nSPS) is 34.6. The van der Waals surface area contributed by atoms with E-state index >= 15 is 0 Å². The Kier molecular flexibility index (Phi) is 3.21. The highest BCUT2D eigenvalue weighted by Gasteiger charge is 2.47. The topological polar surface area (TPSA) is 85.4 Å². The van der Waals surface area contributed by atoms with E-state index in [0.717, 1.165) is 36.9 Å².